The maximum atomic E-state index is 12.1. The van der Waals surface area contributed by atoms with Crippen LogP contribution in [-0.4, -0.2) is 27.4 Å². The Bertz CT molecular complexity index is 639. The molecule has 0 aliphatic carbocycles. The van der Waals surface area contributed by atoms with Crippen LogP contribution in [0.1, 0.15) is 26.3 Å². The molecule has 0 aromatic heterocycles. The molecule has 22 heavy (non-hydrogen) atoms. The number of rotatable bonds is 4. The predicted octanol–water partition coefficient (Wildman–Crippen LogP) is 1.64. The number of carbonyl (C=O) groups excluding carboxylic acids is 1. The van der Waals surface area contributed by atoms with E-state index in [2.05, 4.69) is 10.0 Å². The molecular weight excluding hydrogens is 326 g/mol. The van der Waals surface area contributed by atoms with Crippen LogP contribution in [0.25, 0.3) is 0 Å². The first-order chi connectivity index (χ1) is 9.50. The van der Waals surface area contributed by atoms with Gasteiger partial charge in [0.2, 0.25) is 15.9 Å². The summed E-state index contributed by atoms with van der Waals surface area (Å²) < 4.78 is 26.1. The van der Waals surface area contributed by atoms with Crippen molar-refractivity contribution in [3.63, 3.8) is 0 Å². The SMILES string of the molecule is CNS(=O)(=O)c1cccc(NC(=O)[C@@H](N)C(C)(C)C)c1C.Cl. The van der Waals surface area contributed by atoms with Gasteiger partial charge in [-0.3, -0.25) is 4.79 Å². The van der Waals surface area contributed by atoms with E-state index in [9.17, 15) is 13.2 Å². The molecule has 8 heteroatoms. The number of sulfonamides is 1. The summed E-state index contributed by atoms with van der Waals surface area (Å²) in [7, 11) is -2.23. The van der Waals surface area contributed by atoms with Crippen molar-refractivity contribution in [1.29, 1.82) is 0 Å². The summed E-state index contributed by atoms with van der Waals surface area (Å²) in [6, 6.07) is 4.02. The minimum atomic E-state index is -3.57. The zero-order valence-electron chi connectivity index (χ0n) is 13.4. The maximum Gasteiger partial charge on any atom is 0.241 e. The van der Waals surface area contributed by atoms with Crippen LogP contribution in [0.15, 0.2) is 23.1 Å². The van der Waals surface area contributed by atoms with Crippen molar-refractivity contribution in [2.45, 2.75) is 38.6 Å². The van der Waals surface area contributed by atoms with Gasteiger partial charge in [-0.15, -0.1) is 12.4 Å². The van der Waals surface area contributed by atoms with Gasteiger partial charge in [-0.2, -0.15) is 0 Å². The van der Waals surface area contributed by atoms with Gasteiger partial charge in [0.15, 0.2) is 0 Å². The molecule has 0 bridgehead atoms. The zero-order chi connectivity index (χ0) is 16.4. The third-order valence-corrected chi connectivity index (χ3v) is 4.87. The van der Waals surface area contributed by atoms with Crippen LogP contribution in [0.4, 0.5) is 5.69 Å². The highest BCUT2D eigenvalue weighted by Crippen LogP contribution is 2.24. The molecule has 0 heterocycles. The molecule has 1 aromatic rings. The molecule has 1 amide bonds. The number of carbonyl (C=O) groups is 1. The average Bonchev–Trinajstić information content (AvgIpc) is 2.38. The van der Waals surface area contributed by atoms with Gasteiger partial charge >= 0.3 is 0 Å². The van der Waals surface area contributed by atoms with E-state index < -0.39 is 16.1 Å². The quantitative estimate of drug-likeness (QED) is 0.769. The number of anilines is 1. The average molecular weight is 350 g/mol. The number of hydrogen-bond acceptors (Lipinski definition) is 4. The molecule has 0 spiro atoms. The third kappa shape index (κ3) is 4.67. The Hall–Kier alpha value is -1.15. The van der Waals surface area contributed by atoms with E-state index in [1.807, 2.05) is 20.8 Å². The highest BCUT2D eigenvalue weighted by atomic mass is 35.5. The van der Waals surface area contributed by atoms with E-state index in [1.54, 1.807) is 19.1 Å². The molecule has 1 aromatic carbocycles. The summed E-state index contributed by atoms with van der Waals surface area (Å²) in [6.45, 7) is 7.24. The smallest absolute Gasteiger partial charge is 0.241 e. The molecular formula is C14H24ClN3O3S. The van der Waals surface area contributed by atoms with E-state index in [0.717, 1.165) is 0 Å². The summed E-state index contributed by atoms with van der Waals surface area (Å²) in [5, 5.41) is 2.70. The van der Waals surface area contributed by atoms with Crippen molar-refractivity contribution in [1.82, 2.24) is 4.72 Å². The lowest BCUT2D eigenvalue weighted by Crippen LogP contribution is -2.45. The summed E-state index contributed by atoms with van der Waals surface area (Å²) in [4.78, 5) is 12.3. The Morgan fingerprint density at radius 2 is 1.82 bits per heavy atom. The van der Waals surface area contributed by atoms with Gasteiger partial charge in [0, 0.05) is 5.69 Å². The van der Waals surface area contributed by atoms with Crippen LogP contribution in [0.2, 0.25) is 0 Å². The number of nitrogens with two attached hydrogens (primary N) is 1. The molecule has 1 rings (SSSR count). The molecule has 0 fully saturated rings. The van der Waals surface area contributed by atoms with Gasteiger partial charge in [-0.1, -0.05) is 26.8 Å². The second-order valence-corrected chi connectivity index (χ2v) is 7.82. The molecule has 0 saturated carbocycles. The third-order valence-electron chi connectivity index (χ3n) is 3.32. The van der Waals surface area contributed by atoms with Crippen molar-refractivity contribution in [3.05, 3.63) is 23.8 Å². The second kappa shape index (κ2) is 7.41. The summed E-state index contributed by atoms with van der Waals surface area (Å²) in [5.41, 5.74) is 6.43. The van der Waals surface area contributed by atoms with Crippen molar-refractivity contribution >= 4 is 34.0 Å². The van der Waals surface area contributed by atoms with Gasteiger partial charge in [0.1, 0.15) is 0 Å². The maximum absolute atomic E-state index is 12.1. The Morgan fingerprint density at radius 3 is 2.27 bits per heavy atom. The zero-order valence-corrected chi connectivity index (χ0v) is 15.1. The first-order valence-corrected chi connectivity index (χ1v) is 8.08. The lowest BCUT2D eigenvalue weighted by Gasteiger charge is -2.26. The second-order valence-electron chi connectivity index (χ2n) is 5.97. The van der Waals surface area contributed by atoms with Crippen molar-refractivity contribution < 1.29 is 13.2 Å². The van der Waals surface area contributed by atoms with Crippen LogP contribution >= 0.6 is 12.4 Å². The van der Waals surface area contributed by atoms with Crippen LogP contribution in [0, 0.1) is 12.3 Å². The van der Waals surface area contributed by atoms with E-state index >= 15 is 0 Å². The number of nitrogens with one attached hydrogen (secondary N) is 2. The van der Waals surface area contributed by atoms with E-state index in [1.165, 1.54) is 13.1 Å². The van der Waals surface area contributed by atoms with Crippen LogP contribution < -0.4 is 15.8 Å². The van der Waals surface area contributed by atoms with Crippen LogP contribution in [-0.2, 0) is 14.8 Å². The highest BCUT2D eigenvalue weighted by molar-refractivity contribution is 7.89. The van der Waals surface area contributed by atoms with E-state index in [0.29, 0.717) is 11.3 Å². The lowest BCUT2D eigenvalue weighted by molar-refractivity contribution is -0.119. The molecule has 0 aliphatic heterocycles. The molecule has 0 unspecified atom stereocenters. The van der Waals surface area contributed by atoms with E-state index in [-0.39, 0.29) is 28.6 Å². The van der Waals surface area contributed by atoms with Gasteiger partial charge < -0.3 is 11.1 Å². The van der Waals surface area contributed by atoms with Crippen molar-refractivity contribution in [3.8, 4) is 0 Å². The van der Waals surface area contributed by atoms with Gasteiger partial charge in [0.05, 0.1) is 10.9 Å². The molecule has 0 saturated heterocycles. The Kier molecular flexibility index (Phi) is 7.02. The molecule has 0 radical (unpaired) electrons. The first kappa shape index (κ1) is 20.9. The van der Waals surface area contributed by atoms with E-state index in [4.69, 9.17) is 5.73 Å². The number of hydrogen-bond donors (Lipinski definition) is 3. The molecule has 126 valence electrons. The number of amides is 1. The molecule has 0 aliphatic rings. The molecule has 4 N–H and O–H groups in total. The lowest BCUT2D eigenvalue weighted by atomic mass is 9.87. The van der Waals surface area contributed by atoms with Crippen molar-refractivity contribution in [2.24, 2.45) is 11.1 Å². The summed E-state index contributed by atoms with van der Waals surface area (Å²) >= 11 is 0. The highest BCUT2D eigenvalue weighted by Gasteiger charge is 2.28. The van der Waals surface area contributed by atoms with Crippen LogP contribution in [0.5, 0.6) is 0 Å². The van der Waals surface area contributed by atoms with Crippen LogP contribution in [0.3, 0.4) is 0 Å². The first-order valence-electron chi connectivity index (χ1n) is 6.60. The molecule has 6 nitrogen and oxygen atoms in total. The topological polar surface area (TPSA) is 101 Å². The minimum absolute atomic E-state index is 0. The Morgan fingerprint density at radius 1 is 1.27 bits per heavy atom. The normalized spacial score (nSPS) is 13.2. The molecule has 1 atom stereocenters. The minimum Gasteiger partial charge on any atom is -0.324 e. The standard InChI is InChI=1S/C14H23N3O3S.ClH/c1-9-10(17-13(18)12(15)14(2,3)4)7-6-8-11(9)21(19,20)16-5;/h6-8,12,16H,15H2,1-5H3,(H,17,18);1H/t12-;/m1./s1. The fraction of sp³-hybridized carbons (Fsp3) is 0.500. The van der Waals surface area contributed by atoms with Gasteiger partial charge in [-0.25, -0.2) is 13.1 Å². The largest absolute Gasteiger partial charge is 0.324 e. The Labute approximate surface area is 138 Å². The number of halogens is 1. The summed E-state index contributed by atoms with van der Waals surface area (Å²) in [6.07, 6.45) is 0. The Balaban J connectivity index is 0.00000441. The predicted molar refractivity (Wildman–Crippen MR) is 90.7 cm³/mol. The van der Waals surface area contributed by atoms with Gasteiger partial charge in [0.25, 0.3) is 0 Å². The monoisotopic (exact) mass is 349 g/mol. The fourth-order valence-electron chi connectivity index (χ4n) is 1.75. The van der Waals surface area contributed by atoms with Gasteiger partial charge in [-0.05, 0) is 37.1 Å². The summed E-state index contributed by atoms with van der Waals surface area (Å²) in [5.74, 6) is -0.343. The number of benzene rings is 1. The van der Waals surface area contributed by atoms with Crippen molar-refractivity contribution in [2.75, 3.05) is 12.4 Å². The fourth-order valence-corrected chi connectivity index (χ4v) is 2.75.